The van der Waals surface area contributed by atoms with Crippen LogP contribution in [0.3, 0.4) is 0 Å². The normalized spacial score (nSPS) is 23.4. The molecule has 1 aliphatic carbocycles. The van der Waals surface area contributed by atoms with E-state index in [1.165, 1.54) is 31.4 Å². The molecule has 2 amide bonds. The lowest BCUT2D eigenvalue weighted by atomic mass is 9.77. The van der Waals surface area contributed by atoms with Crippen LogP contribution in [0.1, 0.15) is 43.2 Å². The molecule has 7 heteroatoms. The molecule has 0 radical (unpaired) electrons. The number of rotatable bonds is 5. The maximum atomic E-state index is 12.4. The zero-order valence-corrected chi connectivity index (χ0v) is 14.3. The van der Waals surface area contributed by atoms with Crippen LogP contribution in [-0.2, 0) is 14.3 Å². The number of carbonyl (C=O) groups excluding carboxylic acids is 3. The van der Waals surface area contributed by atoms with Gasteiger partial charge in [0, 0.05) is 7.05 Å². The number of esters is 1. The van der Waals surface area contributed by atoms with Gasteiger partial charge in [0.2, 0.25) is 5.91 Å². The predicted molar refractivity (Wildman–Crippen MR) is 86.2 cm³/mol. The highest BCUT2D eigenvalue weighted by Crippen LogP contribution is 2.32. The van der Waals surface area contributed by atoms with Crippen molar-refractivity contribution in [2.75, 3.05) is 20.7 Å². The summed E-state index contributed by atoms with van der Waals surface area (Å²) in [6.07, 6.45) is 4.18. The fraction of sp³-hybridized carbons (Fsp3) is 0.588. The average molecular weight is 336 g/mol. The van der Waals surface area contributed by atoms with E-state index < -0.39 is 17.4 Å². The number of nitrogens with one attached hydrogen (secondary N) is 1. The lowest BCUT2D eigenvalue weighted by molar-refractivity contribution is -0.153. The standard InChI is InChI=1S/C17H24N2O5/c1-12-6-8-17(9-7-12,16(22)23-3)18-14(20)11-19(2)15(21)13-5-4-10-24-13/h4-5,10,12H,6-9,11H2,1-3H3,(H,18,20). The van der Waals surface area contributed by atoms with E-state index in [1.54, 1.807) is 6.07 Å². The number of nitrogens with zero attached hydrogens (tertiary/aromatic N) is 1. The minimum absolute atomic E-state index is 0.159. The number of furan rings is 1. The minimum atomic E-state index is -0.993. The van der Waals surface area contributed by atoms with Crippen LogP contribution in [0.2, 0.25) is 0 Å². The van der Waals surface area contributed by atoms with Gasteiger partial charge in [0.1, 0.15) is 5.54 Å². The zero-order chi connectivity index (χ0) is 17.7. The zero-order valence-electron chi connectivity index (χ0n) is 14.3. The summed E-state index contributed by atoms with van der Waals surface area (Å²) in [4.78, 5) is 37.9. The van der Waals surface area contributed by atoms with Gasteiger partial charge >= 0.3 is 5.97 Å². The smallest absolute Gasteiger partial charge is 0.331 e. The molecule has 1 aliphatic rings. The number of amides is 2. The second-order valence-electron chi connectivity index (χ2n) is 6.44. The van der Waals surface area contributed by atoms with Crippen LogP contribution in [0.25, 0.3) is 0 Å². The van der Waals surface area contributed by atoms with Crippen LogP contribution in [0.4, 0.5) is 0 Å². The fourth-order valence-electron chi connectivity index (χ4n) is 3.01. The van der Waals surface area contributed by atoms with Crippen molar-refractivity contribution in [2.45, 2.75) is 38.1 Å². The molecule has 132 valence electrons. The highest BCUT2D eigenvalue weighted by atomic mass is 16.5. The van der Waals surface area contributed by atoms with Crippen LogP contribution < -0.4 is 5.32 Å². The summed E-state index contributed by atoms with van der Waals surface area (Å²) >= 11 is 0. The first kappa shape index (κ1) is 18.0. The Bertz CT molecular complexity index is 588. The number of ether oxygens (including phenoxy) is 1. The maximum Gasteiger partial charge on any atom is 0.331 e. The van der Waals surface area contributed by atoms with Crippen LogP contribution in [0, 0.1) is 5.92 Å². The van der Waals surface area contributed by atoms with E-state index in [-0.39, 0.29) is 18.2 Å². The molecule has 0 unspecified atom stereocenters. The highest BCUT2D eigenvalue weighted by molar-refractivity contribution is 5.95. The van der Waals surface area contributed by atoms with Gasteiger partial charge in [-0.25, -0.2) is 4.79 Å². The first-order chi connectivity index (χ1) is 11.4. The van der Waals surface area contributed by atoms with Crippen LogP contribution in [-0.4, -0.2) is 48.9 Å². The van der Waals surface area contributed by atoms with Gasteiger partial charge in [0.05, 0.1) is 19.9 Å². The predicted octanol–water partition coefficient (Wildman–Crippen LogP) is 1.59. The maximum absolute atomic E-state index is 12.4. The van der Waals surface area contributed by atoms with Crippen molar-refractivity contribution in [2.24, 2.45) is 5.92 Å². The van der Waals surface area contributed by atoms with Crippen LogP contribution >= 0.6 is 0 Å². The molecule has 1 saturated carbocycles. The topological polar surface area (TPSA) is 88.9 Å². The Labute approximate surface area is 141 Å². The largest absolute Gasteiger partial charge is 0.467 e. The Kier molecular flexibility index (Phi) is 5.64. The third-order valence-corrected chi connectivity index (χ3v) is 4.54. The fourth-order valence-corrected chi connectivity index (χ4v) is 3.01. The van der Waals surface area contributed by atoms with Gasteiger partial charge in [-0.3, -0.25) is 9.59 Å². The summed E-state index contributed by atoms with van der Waals surface area (Å²) in [7, 11) is 2.83. The second-order valence-corrected chi connectivity index (χ2v) is 6.44. The highest BCUT2D eigenvalue weighted by Gasteiger charge is 2.43. The number of hydrogen-bond acceptors (Lipinski definition) is 5. The molecule has 1 heterocycles. The summed E-state index contributed by atoms with van der Waals surface area (Å²) in [5, 5.41) is 2.80. The molecule has 0 saturated heterocycles. The van der Waals surface area contributed by atoms with Gasteiger partial charge in [0.15, 0.2) is 5.76 Å². The molecule has 1 aromatic rings. The summed E-state index contributed by atoms with van der Waals surface area (Å²) in [5.74, 6) is -0.526. The van der Waals surface area contributed by atoms with Gasteiger partial charge in [-0.1, -0.05) is 6.92 Å². The van der Waals surface area contributed by atoms with Gasteiger partial charge in [-0.2, -0.15) is 0 Å². The SMILES string of the molecule is COC(=O)C1(NC(=O)CN(C)C(=O)c2ccco2)CCC(C)CC1. The summed E-state index contributed by atoms with van der Waals surface area (Å²) in [6.45, 7) is 1.96. The van der Waals surface area contributed by atoms with E-state index in [4.69, 9.17) is 9.15 Å². The number of carbonyl (C=O) groups is 3. The van der Waals surface area contributed by atoms with Crippen LogP contribution in [0.15, 0.2) is 22.8 Å². The van der Waals surface area contributed by atoms with Gasteiger partial charge < -0.3 is 19.4 Å². The minimum Gasteiger partial charge on any atom is -0.467 e. The van der Waals surface area contributed by atoms with E-state index in [1.807, 2.05) is 0 Å². The average Bonchev–Trinajstić information content (AvgIpc) is 3.10. The molecule has 0 aliphatic heterocycles. The van der Waals surface area contributed by atoms with Crippen molar-refractivity contribution in [3.63, 3.8) is 0 Å². The Hall–Kier alpha value is -2.31. The van der Waals surface area contributed by atoms with Gasteiger partial charge in [-0.15, -0.1) is 0 Å². The van der Waals surface area contributed by atoms with Crippen LogP contribution in [0.5, 0.6) is 0 Å². The van der Waals surface area contributed by atoms with Crippen molar-refractivity contribution in [3.8, 4) is 0 Å². The summed E-state index contributed by atoms with van der Waals surface area (Å²) < 4.78 is 9.93. The monoisotopic (exact) mass is 336 g/mol. The Morgan fingerprint density at radius 2 is 2.04 bits per heavy atom. The molecule has 0 atom stereocenters. The Balaban J connectivity index is 2.00. The molecule has 1 aromatic heterocycles. The van der Waals surface area contributed by atoms with E-state index in [9.17, 15) is 14.4 Å². The third kappa shape index (κ3) is 3.96. The third-order valence-electron chi connectivity index (χ3n) is 4.54. The van der Waals surface area contributed by atoms with E-state index in [0.29, 0.717) is 18.8 Å². The molecule has 2 rings (SSSR count). The van der Waals surface area contributed by atoms with E-state index >= 15 is 0 Å². The van der Waals surface area contributed by atoms with E-state index in [0.717, 1.165) is 12.8 Å². The van der Waals surface area contributed by atoms with Crippen molar-refractivity contribution < 1.29 is 23.5 Å². The first-order valence-electron chi connectivity index (χ1n) is 8.06. The molecule has 24 heavy (non-hydrogen) atoms. The molecular formula is C17H24N2O5. The first-order valence-corrected chi connectivity index (χ1v) is 8.06. The number of methoxy groups -OCH3 is 1. The summed E-state index contributed by atoms with van der Waals surface area (Å²) in [5.41, 5.74) is -0.993. The Morgan fingerprint density at radius 3 is 2.58 bits per heavy atom. The lowest BCUT2D eigenvalue weighted by Gasteiger charge is -2.37. The van der Waals surface area contributed by atoms with Gasteiger partial charge in [-0.05, 0) is 43.7 Å². The Morgan fingerprint density at radius 1 is 1.38 bits per heavy atom. The molecular weight excluding hydrogens is 312 g/mol. The van der Waals surface area contributed by atoms with Crippen molar-refractivity contribution in [1.29, 1.82) is 0 Å². The number of hydrogen-bond donors (Lipinski definition) is 1. The molecule has 0 aromatic carbocycles. The molecule has 7 nitrogen and oxygen atoms in total. The molecule has 1 N–H and O–H groups in total. The van der Waals surface area contributed by atoms with Gasteiger partial charge in [0.25, 0.3) is 5.91 Å². The van der Waals surface area contributed by atoms with Crippen molar-refractivity contribution in [3.05, 3.63) is 24.2 Å². The second kappa shape index (κ2) is 7.51. The lowest BCUT2D eigenvalue weighted by Crippen LogP contribution is -2.58. The molecule has 0 bridgehead atoms. The molecule has 1 fully saturated rings. The molecule has 0 spiro atoms. The van der Waals surface area contributed by atoms with Crippen molar-refractivity contribution >= 4 is 17.8 Å². The van der Waals surface area contributed by atoms with E-state index in [2.05, 4.69) is 12.2 Å². The number of likely N-dealkylation sites (N-methyl/N-ethyl adjacent to an activating group) is 1. The quantitative estimate of drug-likeness (QED) is 0.825. The van der Waals surface area contributed by atoms with Crippen molar-refractivity contribution in [1.82, 2.24) is 10.2 Å². The summed E-state index contributed by atoms with van der Waals surface area (Å²) in [6, 6.07) is 3.14.